The van der Waals surface area contributed by atoms with Crippen molar-refractivity contribution in [3.05, 3.63) is 27.7 Å². The molecule has 0 aromatic heterocycles. The number of hydrogen-bond donors (Lipinski definition) is 1. The van der Waals surface area contributed by atoms with Gasteiger partial charge in [0.15, 0.2) is 0 Å². The van der Waals surface area contributed by atoms with Gasteiger partial charge in [0.2, 0.25) is 0 Å². The minimum Gasteiger partial charge on any atom is -0.488 e. The van der Waals surface area contributed by atoms with Crippen molar-refractivity contribution >= 4 is 27.5 Å². The average molecular weight is 333 g/mol. The molecule has 1 N–H and O–H groups in total. The van der Waals surface area contributed by atoms with E-state index in [4.69, 9.17) is 16.3 Å². The molecule has 1 aliphatic rings. The SMILES string of the molecule is CCNC1CC(Oc2ccc(Br)cc2Cl)C1(C)C. The van der Waals surface area contributed by atoms with E-state index in [0.29, 0.717) is 11.1 Å². The van der Waals surface area contributed by atoms with E-state index in [-0.39, 0.29) is 11.5 Å². The minimum absolute atomic E-state index is 0.145. The van der Waals surface area contributed by atoms with Crippen molar-refractivity contribution in [2.75, 3.05) is 6.54 Å². The van der Waals surface area contributed by atoms with E-state index < -0.39 is 0 Å². The lowest BCUT2D eigenvalue weighted by atomic mass is 9.64. The lowest BCUT2D eigenvalue weighted by molar-refractivity contribution is -0.0540. The first-order chi connectivity index (χ1) is 8.45. The molecular weight excluding hydrogens is 314 g/mol. The second-order valence-corrected chi connectivity index (χ2v) is 6.67. The molecule has 2 rings (SSSR count). The van der Waals surface area contributed by atoms with Crippen molar-refractivity contribution in [3.63, 3.8) is 0 Å². The van der Waals surface area contributed by atoms with Crippen molar-refractivity contribution < 1.29 is 4.74 Å². The highest BCUT2D eigenvalue weighted by molar-refractivity contribution is 9.10. The van der Waals surface area contributed by atoms with Crippen LogP contribution in [0.15, 0.2) is 22.7 Å². The van der Waals surface area contributed by atoms with Gasteiger partial charge in [0.05, 0.1) is 5.02 Å². The summed E-state index contributed by atoms with van der Waals surface area (Å²) in [6, 6.07) is 6.27. The number of rotatable bonds is 4. The summed E-state index contributed by atoms with van der Waals surface area (Å²) in [6.07, 6.45) is 1.26. The van der Waals surface area contributed by atoms with Gasteiger partial charge in [-0.2, -0.15) is 0 Å². The summed E-state index contributed by atoms with van der Waals surface area (Å²) < 4.78 is 7.01. The molecule has 2 unspecified atom stereocenters. The maximum Gasteiger partial charge on any atom is 0.138 e. The van der Waals surface area contributed by atoms with E-state index in [1.165, 1.54) is 0 Å². The molecule has 2 nitrogen and oxygen atoms in total. The van der Waals surface area contributed by atoms with Crippen LogP contribution >= 0.6 is 27.5 Å². The van der Waals surface area contributed by atoms with Gasteiger partial charge < -0.3 is 10.1 Å². The smallest absolute Gasteiger partial charge is 0.138 e. The third-order valence-electron chi connectivity index (χ3n) is 3.79. The van der Waals surface area contributed by atoms with E-state index in [9.17, 15) is 0 Å². The van der Waals surface area contributed by atoms with Crippen LogP contribution in [0.25, 0.3) is 0 Å². The molecule has 0 heterocycles. The molecule has 1 saturated carbocycles. The van der Waals surface area contributed by atoms with E-state index in [1.807, 2.05) is 18.2 Å². The standard InChI is InChI=1S/C14H19BrClNO/c1-4-17-12-8-13(14(12,2)3)18-11-6-5-9(15)7-10(11)16/h5-7,12-13,17H,4,8H2,1-3H3. The zero-order valence-corrected chi connectivity index (χ0v) is 13.3. The van der Waals surface area contributed by atoms with Gasteiger partial charge in [0, 0.05) is 22.4 Å². The molecule has 0 amide bonds. The monoisotopic (exact) mass is 331 g/mol. The highest BCUT2D eigenvalue weighted by Crippen LogP contribution is 2.44. The largest absolute Gasteiger partial charge is 0.488 e. The summed E-state index contributed by atoms with van der Waals surface area (Å²) in [5, 5.41) is 4.15. The molecule has 18 heavy (non-hydrogen) atoms. The van der Waals surface area contributed by atoms with Gasteiger partial charge in [-0.05, 0) is 24.7 Å². The Balaban J connectivity index is 2.03. The minimum atomic E-state index is 0.145. The fraction of sp³-hybridized carbons (Fsp3) is 0.571. The molecule has 1 aromatic rings. The maximum absolute atomic E-state index is 6.17. The quantitative estimate of drug-likeness (QED) is 0.889. The van der Waals surface area contributed by atoms with Crippen molar-refractivity contribution in [1.29, 1.82) is 0 Å². The van der Waals surface area contributed by atoms with E-state index in [0.717, 1.165) is 23.2 Å². The fourth-order valence-electron chi connectivity index (χ4n) is 2.40. The second kappa shape index (κ2) is 5.40. The molecule has 100 valence electrons. The topological polar surface area (TPSA) is 21.3 Å². The van der Waals surface area contributed by atoms with Crippen LogP contribution in [-0.2, 0) is 0 Å². The molecule has 0 radical (unpaired) electrons. The number of halogens is 2. The van der Waals surface area contributed by atoms with E-state index in [2.05, 4.69) is 42.0 Å². The first kappa shape index (κ1) is 14.2. The van der Waals surface area contributed by atoms with Gasteiger partial charge in [-0.1, -0.05) is 48.3 Å². The van der Waals surface area contributed by atoms with Crippen LogP contribution in [0.3, 0.4) is 0 Å². The van der Waals surface area contributed by atoms with Crippen LogP contribution in [-0.4, -0.2) is 18.7 Å². The second-order valence-electron chi connectivity index (χ2n) is 5.35. The molecule has 1 aliphatic carbocycles. The third kappa shape index (κ3) is 2.68. The van der Waals surface area contributed by atoms with Crippen LogP contribution in [0.5, 0.6) is 5.75 Å². The first-order valence-electron chi connectivity index (χ1n) is 6.30. The Hall–Kier alpha value is -0.250. The summed E-state index contributed by atoms with van der Waals surface area (Å²) in [5.41, 5.74) is 0.145. The molecule has 0 bridgehead atoms. The highest BCUT2D eigenvalue weighted by Gasteiger charge is 2.49. The van der Waals surface area contributed by atoms with Gasteiger partial charge in [0.1, 0.15) is 11.9 Å². The third-order valence-corrected chi connectivity index (χ3v) is 4.58. The molecule has 0 spiro atoms. The van der Waals surface area contributed by atoms with E-state index >= 15 is 0 Å². The Kier molecular flexibility index (Phi) is 4.25. The molecule has 0 aliphatic heterocycles. The van der Waals surface area contributed by atoms with Crippen molar-refractivity contribution in [2.45, 2.75) is 39.3 Å². The Morgan fingerprint density at radius 2 is 2.22 bits per heavy atom. The van der Waals surface area contributed by atoms with Gasteiger partial charge in [-0.25, -0.2) is 0 Å². The van der Waals surface area contributed by atoms with Crippen LogP contribution in [0, 0.1) is 5.41 Å². The summed E-state index contributed by atoms with van der Waals surface area (Å²) in [6.45, 7) is 7.61. The maximum atomic E-state index is 6.17. The number of ether oxygens (including phenoxy) is 1. The van der Waals surface area contributed by atoms with Crippen LogP contribution in [0.1, 0.15) is 27.2 Å². The number of benzene rings is 1. The molecular formula is C14H19BrClNO. The lowest BCUT2D eigenvalue weighted by Crippen LogP contribution is -2.62. The summed E-state index contributed by atoms with van der Waals surface area (Å²) in [7, 11) is 0. The van der Waals surface area contributed by atoms with Gasteiger partial charge >= 0.3 is 0 Å². The van der Waals surface area contributed by atoms with Gasteiger partial charge in [-0.3, -0.25) is 0 Å². The lowest BCUT2D eigenvalue weighted by Gasteiger charge is -2.51. The van der Waals surface area contributed by atoms with Crippen LogP contribution in [0.2, 0.25) is 5.02 Å². The Morgan fingerprint density at radius 1 is 1.50 bits per heavy atom. The van der Waals surface area contributed by atoms with Crippen molar-refractivity contribution in [1.82, 2.24) is 5.32 Å². The van der Waals surface area contributed by atoms with Crippen LogP contribution in [0.4, 0.5) is 0 Å². The Labute approximate surface area is 122 Å². The molecule has 4 heteroatoms. The van der Waals surface area contributed by atoms with E-state index in [1.54, 1.807) is 0 Å². The zero-order valence-electron chi connectivity index (χ0n) is 11.0. The first-order valence-corrected chi connectivity index (χ1v) is 7.47. The molecule has 1 fully saturated rings. The molecule has 0 saturated heterocycles. The zero-order chi connectivity index (χ0) is 13.3. The normalized spacial score (nSPS) is 25.6. The Morgan fingerprint density at radius 3 is 2.78 bits per heavy atom. The molecule has 2 atom stereocenters. The summed E-state index contributed by atoms with van der Waals surface area (Å²) >= 11 is 9.57. The predicted octanol–water partition coefficient (Wildman–Crippen LogP) is 4.26. The van der Waals surface area contributed by atoms with Crippen LogP contribution < -0.4 is 10.1 Å². The predicted molar refractivity (Wildman–Crippen MR) is 79.4 cm³/mol. The highest BCUT2D eigenvalue weighted by atomic mass is 79.9. The molecule has 1 aromatic carbocycles. The van der Waals surface area contributed by atoms with Crippen molar-refractivity contribution in [3.8, 4) is 5.75 Å². The summed E-state index contributed by atoms with van der Waals surface area (Å²) in [5.74, 6) is 0.771. The van der Waals surface area contributed by atoms with Gasteiger partial charge in [0.25, 0.3) is 0 Å². The number of hydrogen-bond acceptors (Lipinski definition) is 2. The average Bonchev–Trinajstić information content (AvgIpc) is 2.30. The van der Waals surface area contributed by atoms with Gasteiger partial charge in [-0.15, -0.1) is 0 Å². The summed E-state index contributed by atoms with van der Waals surface area (Å²) in [4.78, 5) is 0. The fourth-order valence-corrected chi connectivity index (χ4v) is 3.12. The Bertz CT molecular complexity index is 436. The van der Waals surface area contributed by atoms with Crippen molar-refractivity contribution in [2.24, 2.45) is 5.41 Å². The number of nitrogens with one attached hydrogen (secondary N) is 1.